The van der Waals surface area contributed by atoms with Crippen molar-refractivity contribution >= 4 is 15.7 Å². The number of nitrogen functional groups attached to an aromatic ring is 1. The summed E-state index contributed by atoms with van der Waals surface area (Å²) >= 11 is 0. The van der Waals surface area contributed by atoms with Gasteiger partial charge in [0.2, 0.25) is 10.0 Å². The van der Waals surface area contributed by atoms with E-state index in [2.05, 4.69) is 11.6 Å². The molecule has 1 fully saturated rings. The van der Waals surface area contributed by atoms with E-state index in [1.807, 2.05) is 19.9 Å². The van der Waals surface area contributed by atoms with Crippen LogP contribution in [0, 0.1) is 25.7 Å². The van der Waals surface area contributed by atoms with Crippen LogP contribution in [0.2, 0.25) is 0 Å². The Morgan fingerprint density at radius 2 is 1.81 bits per heavy atom. The van der Waals surface area contributed by atoms with Gasteiger partial charge >= 0.3 is 0 Å². The lowest BCUT2D eigenvalue weighted by Gasteiger charge is -2.26. The molecule has 0 spiro atoms. The highest BCUT2D eigenvalue weighted by atomic mass is 32.2. The van der Waals surface area contributed by atoms with E-state index < -0.39 is 10.0 Å². The molecule has 1 aromatic carbocycles. The quantitative estimate of drug-likeness (QED) is 0.840. The maximum atomic E-state index is 12.5. The number of nitrogens with two attached hydrogens (primary N) is 1. The summed E-state index contributed by atoms with van der Waals surface area (Å²) in [6, 6.07) is 3.52. The van der Waals surface area contributed by atoms with Crippen LogP contribution in [0.25, 0.3) is 0 Å². The number of hydrogen-bond acceptors (Lipinski definition) is 3. The van der Waals surface area contributed by atoms with Crippen LogP contribution < -0.4 is 10.5 Å². The number of benzene rings is 1. The number of hydrogen-bond donors (Lipinski definition) is 2. The van der Waals surface area contributed by atoms with Gasteiger partial charge in [-0.3, -0.25) is 0 Å². The lowest BCUT2D eigenvalue weighted by Crippen LogP contribution is -2.32. The standard InChI is InChI=1S/C16H26N2O2S/c1-11-4-7-14(8-5-11)10-18-21(19,20)16-13(3)12(2)6-9-15(16)17/h6,9,11,14,18H,4-5,7-8,10,17H2,1-3H3. The van der Waals surface area contributed by atoms with Gasteiger partial charge < -0.3 is 5.73 Å². The highest BCUT2D eigenvalue weighted by Crippen LogP contribution is 2.29. The molecule has 0 unspecified atom stereocenters. The summed E-state index contributed by atoms with van der Waals surface area (Å²) in [5.74, 6) is 1.22. The normalized spacial score (nSPS) is 23.2. The SMILES string of the molecule is Cc1ccc(N)c(S(=O)(=O)NCC2CCC(C)CC2)c1C. The molecule has 0 radical (unpaired) electrons. The van der Waals surface area contributed by atoms with Gasteiger partial charge in [0.05, 0.1) is 5.69 Å². The lowest BCUT2D eigenvalue weighted by molar-refractivity contribution is 0.290. The Bertz CT molecular complexity index is 603. The van der Waals surface area contributed by atoms with Crippen molar-refractivity contribution in [3.8, 4) is 0 Å². The number of sulfonamides is 1. The third-order valence-corrected chi connectivity index (χ3v) is 6.30. The molecule has 4 nitrogen and oxygen atoms in total. The van der Waals surface area contributed by atoms with E-state index in [4.69, 9.17) is 5.73 Å². The van der Waals surface area contributed by atoms with Gasteiger partial charge in [-0.25, -0.2) is 13.1 Å². The number of nitrogens with one attached hydrogen (secondary N) is 1. The van der Waals surface area contributed by atoms with E-state index in [9.17, 15) is 8.42 Å². The molecule has 1 aliphatic rings. The van der Waals surface area contributed by atoms with Crippen molar-refractivity contribution in [3.05, 3.63) is 23.3 Å². The van der Waals surface area contributed by atoms with Crippen molar-refractivity contribution in [2.75, 3.05) is 12.3 Å². The van der Waals surface area contributed by atoms with Crippen LogP contribution in [0.5, 0.6) is 0 Å². The largest absolute Gasteiger partial charge is 0.398 e. The second-order valence-electron chi connectivity index (χ2n) is 6.40. The molecule has 118 valence electrons. The molecule has 1 aromatic rings. The average molecular weight is 310 g/mol. The number of anilines is 1. The van der Waals surface area contributed by atoms with Crippen LogP contribution in [0.1, 0.15) is 43.7 Å². The predicted octanol–water partition coefficient (Wildman–Crippen LogP) is 2.99. The molecule has 1 saturated carbocycles. The number of aryl methyl sites for hydroxylation is 1. The molecular formula is C16H26N2O2S. The van der Waals surface area contributed by atoms with Gasteiger partial charge in [0.15, 0.2) is 0 Å². The molecule has 0 atom stereocenters. The molecule has 0 aliphatic heterocycles. The molecule has 1 aliphatic carbocycles. The zero-order chi connectivity index (χ0) is 15.6. The highest BCUT2D eigenvalue weighted by Gasteiger charge is 2.24. The summed E-state index contributed by atoms with van der Waals surface area (Å²) in [6.07, 6.45) is 4.59. The van der Waals surface area contributed by atoms with Gasteiger partial charge in [-0.2, -0.15) is 0 Å². The van der Waals surface area contributed by atoms with Crippen LogP contribution in [0.15, 0.2) is 17.0 Å². The summed E-state index contributed by atoms with van der Waals surface area (Å²) in [7, 11) is -3.53. The van der Waals surface area contributed by atoms with E-state index in [0.717, 1.165) is 29.9 Å². The van der Waals surface area contributed by atoms with Crippen molar-refractivity contribution in [2.45, 2.75) is 51.3 Å². The summed E-state index contributed by atoms with van der Waals surface area (Å²) in [5, 5.41) is 0. The summed E-state index contributed by atoms with van der Waals surface area (Å²) in [6.45, 7) is 6.48. The monoisotopic (exact) mass is 310 g/mol. The first kappa shape index (κ1) is 16.3. The zero-order valence-corrected chi connectivity index (χ0v) is 14.0. The topological polar surface area (TPSA) is 72.2 Å². The Labute approximate surface area is 128 Å². The Morgan fingerprint density at radius 3 is 2.43 bits per heavy atom. The second-order valence-corrected chi connectivity index (χ2v) is 8.11. The van der Waals surface area contributed by atoms with Gasteiger partial charge in [-0.15, -0.1) is 0 Å². The molecule has 0 aromatic heterocycles. The Hall–Kier alpha value is -1.07. The van der Waals surface area contributed by atoms with Gasteiger partial charge in [-0.1, -0.05) is 25.8 Å². The van der Waals surface area contributed by atoms with E-state index in [1.165, 1.54) is 12.8 Å². The molecule has 2 rings (SSSR count). The van der Waals surface area contributed by atoms with Crippen LogP contribution >= 0.6 is 0 Å². The smallest absolute Gasteiger partial charge is 0.242 e. The molecule has 3 N–H and O–H groups in total. The first-order chi connectivity index (χ1) is 9.81. The summed E-state index contributed by atoms with van der Waals surface area (Å²) in [5.41, 5.74) is 7.88. The van der Waals surface area contributed by atoms with Crippen molar-refractivity contribution in [1.29, 1.82) is 0 Å². The molecule has 0 bridgehead atoms. The maximum absolute atomic E-state index is 12.5. The summed E-state index contributed by atoms with van der Waals surface area (Å²) < 4.78 is 27.8. The van der Waals surface area contributed by atoms with Crippen molar-refractivity contribution in [3.63, 3.8) is 0 Å². The van der Waals surface area contributed by atoms with E-state index in [-0.39, 0.29) is 4.90 Å². The van der Waals surface area contributed by atoms with E-state index in [1.54, 1.807) is 6.07 Å². The number of rotatable bonds is 4. The van der Waals surface area contributed by atoms with Gasteiger partial charge in [0.1, 0.15) is 4.90 Å². The molecule has 21 heavy (non-hydrogen) atoms. The maximum Gasteiger partial charge on any atom is 0.242 e. The molecule has 0 amide bonds. The Morgan fingerprint density at radius 1 is 1.19 bits per heavy atom. The molecule has 0 saturated heterocycles. The van der Waals surface area contributed by atoms with Crippen molar-refractivity contribution in [2.24, 2.45) is 11.8 Å². The molecular weight excluding hydrogens is 284 g/mol. The van der Waals surface area contributed by atoms with Crippen LogP contribution in [0.4, 0.5) is 5.69 Å². The summed E-state index contributed by atoms with van der Waals surface area (Å²) in [4.78, 5) is 0.242. The third-order valence-electron chi connectivity index (χ3n) is 4.67. The predicted molar refractivity (Wildman–Crippen MR) is 86.6 cm³/mol. The average Bonchev–Trinajstić information content (AvgIpc) is 2.43. The fraction of sp³-hybridized carbons (Fsp3) is 0.625. The van der Waals surface area contributed by atoms with Crippen LogP contribution in [0.3, 0.4) is 0 Å². The van der Waals surface area contributed by atoms with Gasteiger partial charge in [-0.05, 0) is 55.7 Å². The fourth-order valence-corrected chi connectivity index (χ4v) is 4.54. The Kier molecular flexibility index (Phi) is 4.94. The van der Waals surface area contributed by atoms with E-state index >= 15 is 0 Å². The lowest BCUT2D eigenvalue weighted by atomic mass is 9.83. The Balaban J connectivity index is 2.11. The van der Waals surface area contributed by atoms with Crippen molar-refractivity contribution < 1.29 is 8.42 Å². The minimum Gasteiger partial charge on any atom is -0.398 e. The first-order valence-electron chi connectivity index (χ1n) is 7.66. The minimum atomic E-state index is -3.53. The highest BCUT2D eigenvalue weighted by molar-refractivity contribution is 7.89. The van der Waals surface area contributed by atoms with Crippen molar-refractivity contribution in [1.82, 2.24) is 4.72 Å². The zero-order valence-electron chi connectivity index (χ0n) is 13.1. The second kappa shape index (κ2) is 6.36. The van der Waals surface area contributed by atoms with Crippen LogP contribution in [-0.4, -0.2) is 15.0 Å². The molecule has 0 heterocycles. The third kappa shape index (κ3) is 3.77. The van der Waals surface area contributed by atoms with Gasteiger partial charge in [0.25, 0.3) is 0 Å². The van der Waals surface area contributed by atoms with Crippen LogP contribution in [-0.2, 0) is 10.0 Å². The van der Waals surface area contributed by atoms with Gasteiger partial charge in [0, 0.05) is 6.54 Å². The first-order valence-corrected chi connectivity index (χ1v) is 9.15. The fourth-order valence-electron chi connectivity index (χ4n) is 3.00. The minimum absolute atomic E-state index is 0.242. The molecule has 5 heteroatoms. The van der Waals surface area contributed by atoms with E-state index in [0.29, 0.717) is 18.2 Å².